The van der Waals surface area contributed by atoms with Crippen LogP contribution in [0.15, 0.2) is 66.3 Å². The second-order valence-corrected chi connectivity index (χ2v) is 5.21. The molecule has 1 aliphatic rings. The average molecular weight is 302 g/mol. The van der Waals surface area contributed by atoms with Crippen molar-refractivity contribution in [2.75, 3.05) is 0 Å². The predicted molar refractivity (Wildman–Crippen MR) is 86.2 cm³/mol. The van der Waals surface area contributed by atoms with Crippen LogP contribution in [-0.4, -0.2) is 11.6 Å². The SMILES string of the molecule is CC1C(=O)[C]=CC=C1C(=O)c1ccc(Oc2cc[c]cc2)cc1. The average Bonchev–Trinajstić information content (AvgIpc) is 2.58. The Labute approximate surface area is 134 Å². The van der Waals surface area contributed by atoms with Crippen molar-refractivity contribution in [3.8, 4) is 11.5 Å². The van der Waals surface area contributed by atoms with Gasteiger partial charge in [-0.1, -0.05) is 31.2 Å². The minimum absolute atomic E-state index is 0.149. The molecule has 2 radical (unpaired) electrons. The van der Waals surface area contributed by atoms with Crippen LogP contribution in [0.25, 0.3) is 0 Å². The maximum Gasteiger partial charge on any atom is 0.189 e. The van der Waals surface area contributed by atoms with Gasteiger partial charge >= 0.3 is 0 Å². The van der Waals surface area contributed by atoms with E-state index in [2.05, 4.69) is 12.1 Å². The molecule has 3 nitrogen and oxygen atoms in total. The molecule has 0 heterocycles. The largest absolute Gasteiger partial charge is 0.457 e. The third-order valence-electron chi connectivity index (χ3n) is 3.65. The molecule has 2 aromatic rings. The number of hydrogen-bond acceptors (Lipinski definition) is 3. The molecule has 1 atom stereocenters. The molecule has 0 amide bonds. The number of carbonyl (C=O) groups is 2. The summed E-state index contributed by atoms with van der Waals surface area (Å²) in [4.78, 5) is 24.2. The molecule has 0 N–H and O–H groups in total. The van der Waals surface area contributed by atoms with Crippen molar-refractivity contribution >= 4 is 11.6 Å². The van der Waals surface area contributed by atoms with E-state index in [-0.39, 0.29) is 11.6 Å². The molecule has 0 fully saturated rings. The van der Waals surface area contributed by atoms with Crippen LogP contribution in [0.3, 0.4) is 0 Å². The van der Waals surface area contributed by atoms with Gasteiger partial charge in [0.2, 0.25) is 0 Å². The van der Waals surface area contributed by atoms with Gasteiger partial charge in [-0.05, 0) is 42.5 Å². The molecule has 3 rings (SSSR count). The molecule has 1 unspecified atom stereocenters. The molecule has 0 aromatic heterocycles. The minimum Gasteiger partial charge on any atom is -0.457 e. The lowest BCUT2D eigenvalue weighted by atomic mass is 9.87. The smallest absolute Gasteiger partial charge is 0.189 e. The number of ether oxygens (including phenoxy) is 1. The summed E-state index contributed by atoms with van der Waals surface area (Å²) >= 11 is 0. The maximum atomic E-state index is 12.5. The van der Waals surface area contributed by atoms with Crippen LogP contribution in [0.5, 0.6) is 11.5 Å². The van der Waals surface area contributed by atoms with Crippen molar-refractivity contribution in [3.63, 3.8) is 0 Å². The van der Waals surface area contributed by atoms with E-state index in [9.17, 15) is 9.59 Å². The van der Waals surface area contributed by atoms with E-state index in [1.165, 1.54) is 6.08 Å². The van der Waals surface area contributed by atoms with Crippen molar-refractivity contribution in [1.82, 2.24) is 0 Å². The van der Waals surface area contributed by atoms with Crippen LogP contribution in [0.4, 0.5) is 0 Å². The molecule has 0 saturated heterocycles. The van der Waals surface area contributed by atoms with Gasteiger partial charge in [0.15, 0.2) is 11.6 Å². The summed E-state index contributed by atoms with van der Waals surface area (Å²) in [5.41, 5.74) is 1.01. The molecular formula is C20H14O3. The first-order chi connectivity index (χ1) is 11.1. The van der Waals surface area contributed by atoms with E-state index in [0.29, 0.717) is 22.6 Å². The van der Waals surface area contributed by atoms with E-state index < -0.39 is 5.92 Å². The minimum atomic E-state index is -0.455. The van der Waals surface area contributed by atoms with Crippen LogP contribution < -0.4 is 4.74 Å². The summed E-state index contributed by atoms with van der Waals surface area (Å²) in [6, 6.07) is 17.0. The molecule has 3 heteroatoms. The summed E-state index contributed by atoms with van der Waals surface area (Å²) in [7, 11) is 0. The van der Waals surface area contributed by atoms with Crippen LogP contribution in [0, 0.1) is 18.1 Å². The van der Waals surface area contributed by atoms with E-state index >= 15 is 0 Å². The topological polar surface area (TPSA) is 43.4 Å². The van der Waals surface area contributed by atoms with Crippen molar-refractivity contribution < 1.29 is 14.3 Å². The lowest BCUT2D eigenvalue weighted by Gasteiger charge is -2.14. The number of allylic oxidation sites excluding steroid dienone is 4. The summed E-state index contributed by atoms with van der Waals surface area (Å²) in [5.74, 6) is 0.575. The Morgan fingerprint density at radius 2 is 1.70 bits per heavy atom. The fraction of sp³-hybridized carbons (Fsp3) is 0.100. The van der Waals surface area contributed by atoms with Gasteiger partial charge in [0.25, 0.3) is 0 Å². The number of carbonyl (C=O) groups excluding carboxylic acids is 2. The Morgan fingerprint density at radius 3 is 2.39 bits per heavy atom. The van der Waals surface area contributed by atoms with E-state index in [0.717, 1.165) is 0 Å². The highest BCUT2D eigenvalue weighted by molar-refractivity contribution is 6.13. The fourth-order valence-corrected chi connectivity index (χ4v) is 2.31. The Balaban J connectivity index is 1.77. The Morgan fingerprint density at radius 1 is 1.04 bits per heavy atom. The highest BCUT2D eigenvalue weighted by Crippen LogP contribution is 2.24. The zero-order chi connectivity index (χ0) is 16.2. The van der Waals surface area contributed by atoms with Crippen LogP contribution in [0.2, 0.25) is 0 Å². The summed E-state index contributed by atoms with van der Waals surface area (Å²) in [6.45, 7) is 1.72. The molecule has 0 aliphatic heterocycles. The third kappa shape index (κ3) is 3.29. The summed E-state index contributed by atoms with van der Waals surface area (Å²) < 4.78 is 5.68. The van der Waals surface area contributed by atoms with Gasteiger partial charge in [-0.2, -0.15) is 0 Å². The number of ketones is 2. The summed E-state index contributed by atoms with van der Waals surface area (Å²) in [6.07, 6.45) is 5.74. The van der Waals surface area contributed by atoms with Crippen LogP contribution in [-0.2, 0) is 4.79 Å². The number of hydrogen-bond donors (Lipinski definition) is 0. The molecular weight excluding hydrogens is 288 g/mol. The van der Waals surface area contributed by atoms with Crippen molar-refractivity contribution in [2.45, 2.75) is 6.92 Å². The van der Waals surface area contributed by atoms with Gasteiger partial charge in [0, 0.05) is 23.1 Å². The van der Waals surface area contributed by atoms with Gasteiger partial charge in [-0.25, -0.2) is 0 Å². The van der Waals surface area contributed by atoms with Gasteiger partial charge in [0.05, 0.1) is 0 Å². The zero-order valence-corrected chi connectivity index (χ0v) is 12.6. The Bertz CT molecular complexity index is 783. The lowest BCUT2D eigenvalue weighted by Crippen LogP contribution is -2.20. The summed E-state index contributed by atoms with van der Waals surface area (Å²) in [5, 5.41) is 0. The monoisotopic (exact) mass is 302 g/mol. The Kier molecular flexibility index (Phi) is 4.20. The first-order valence-electron chi connectivity index (χ1n) is 7.27. The zero-order valence-electron chi connectivity index (χ0n) is 12.6. The molecule has 2 aromatic carbocycles. The number of benzene rings is 2. The highest BCUT2D eigenvalue weighted by atomic mass is 16.5. The standard InChI is InChI=1S/C20H14O3/c1-14-18(8-5-9-19(14)21)20(22)15-10-12-17(13-11-15)23-16-6-3-2-4-7-16/h3-8,10-14H,1H3. The fourth-order valence-electron chi connectivity index (χ4n) is 2.31. The van der Waals surface area contributed by atoms with Gasteiger partial charge in [-0.15, -0.1) is 0 Å². The second kappa shape index (κ2) is 6.44. The van der Waals surface area contributed by atoms with Crippen molar-refractivity contribution in [2.24, 2.45) is 5.92 Å². The van der Waals surface area contributed by atoms with Gasteiger partial charge in [0.1, 0.15) is 11.5 Å². The third-order valence-corrected chi connectivity index (χ3v) is 3.65. The van der Waals surface area contributed by atoms with Crippen molar-refractivity contribution in [1.29, 1.82) is 0 Å². The molecule has 0 saturated carbocycles. The first-order valence-corrected chi connectivity index (χ1v) is 7.27. The quantitative estimate of drug-likeness (QED) is 0.803. The molecule has 0 spiro atoms. The van der Waals surface area contributed by atoms with Crippen LogP contribution in [0.1, 0.15) is 17.3 Å². The van der Waals surface area contributed by atoms with Gasteiger partial charge in [-0.3, -0.25) is 9.59 Å². The molecule has 23 heavy (non-hydrogen) atoms. The lowest BCUT2D eigenvalue weighted by molar-refractivity contribution is -0.117. The van der Waals surface area contributed by atoms with E-state index in [1.807, 2.05) is 12.1 Å². The molecule has 1 aliphatic carbocycles. The van der Waals surface area contributed by atoms with Crippen molar-refractivity contribution in [3.05, 3.63) is 84.0 Å². The highest BCUT2D eigenvalue weighted by Gasteiger charge is 2.24. The number of Topliss-reactive ketones (excluding diaryl/α,β-unsaturated/α-hetero) is 2. The first kappa shape index (κ1) is 15.0. The van der Waals surface area contributed by atoms with Crippen LogP contribution >= 0.6 is 0 Å². The molecule has 112 valence electrons. The normalized spacial score (nSPS) is 16.8. The van der Waals surface area contributed by atoms with E-state index in [1.54, 1.807) is 49.4 Å². The maximum absolute atomic E-state index is 12.5. The molecule has 0 bridgehead atoms. The number of rotatable bonds is 4. The second-order valence-electron chi connectivity index (χ2n) is 5.21. The Hall–Kier alpha value is -2.94. The van der Waals surface area contributed by atoms with E-state index in [4.69, 9.17) is 4.74 Å². The van der Waals surface area contributed by atoms with Gasteiger partial charge < -0.3 is 4.74 Å². The predicted octanol–water partition coefficient (Wildman–Crippen LogP) is 3.97.